The van der Waals surface area contributed by atoms with Gasteiger partial charge in [-0.25, -0.2) is 0 Å². The summed E-state index contributed by atoms with van der Waals surface area (Å²) in [6.45, 7) is 1.62. The number of hydrogen-bond donors (Lipinski definition) is 1. The summed E-state index contributed by atoms with van der Waals surface area (Å²) >= 11 is 0. The van der Waals surface area contributed by atoms with Crippen molar-refractivity contribution in [2.45, 2.75) is 50.5 Å². The summed E-state index contributed by atoms with van der Waals surface area (Å²) in [6, 6.07) is 10.00. The predicted octanol–water partition coefficient (Wildman–Crippen LogP) is 1.87. The van der Waals surface area contributed by atoms with Gasteiger partial charge in [0.1, 0.15) is 34.3 Å². The largest absolute Gasteiger partial charge is 0.598 e. The number of nitrogens with one attached hydrogen (secondary N) is 1. The highest BCUT2D eigenvalue weighted by Crippen LogP contribution is 2.34. The summed E-state index contributed by atoms with van der Waals surface area (Å²) in [7, 11) is -3.16. The van der Waals surface area contributed by atoms with Gasteiger partial charge in [-0.3, -0.25) is 4.79 Å². The maximum Gasteiger partial charge on any atom is 0.243 e. The minimum atomic E-state index is -3.16. The zero-order valence-corrected chi connectivity index (χ0v) is 18.1. The van der Waals surface area contributed by atoms with Crippen molar-refractivity contribution in [2.75, 3.05) is 25.9 Å². The first-order chi connectivity index (χ1) is 14.4. The van der Waals surface area contributed by atoms with Crippen LogP contribution in [0.3, 0.4) is 0 Å². The van der Waals surface area contributed by atoms with Crippen molar-refractivity contribution in [3.05, 3.63) is 47.5 Å². The van der Waals surface area contributed by atoms with Crippen LogP contribution < -0.4 is 5.32 Å². The second-order valence-electron chi connectivity index (χ2n) is 8.22. The number of hydrogen-bond acceptors (Lipinski definition) is 5. The molecule has 0 aliphatic carbocycles. The Morgan fingerprint density at radius 1 is 1.20 bits per heavy atom. The smallest absolute Gasteiger partial charge is 0.243 e. The van der Waals surface area contributed by atoms with Crippen LogP contribution in [0.25, 0.3) is 0 Å². The number of nitrogens with zero attached hydrogens (tertiary/aromatic N) is 4. The molecule has 2 aliphatic heterocycles. The highest BCUT2D eigenvalue weighted by atomic mass is 32.3. The van der Waals surface area contributed by atoms with E-state index in [0.717, 1.165) is 37.3 Å². The molecule has 1 fully saturated rings. The predicted molar refractivity (Wildman–Crippen MR) is 113 cm³/mol. The third-order valence-electron chi connectivity index (χ3n) is 6.12. The van der Waals surface area contributed by atoms with E-state index in [2.05, 4.69) is 27.6 Å². The molecule has 2 aromatic rings. The zero-order valence-electron chi connectivity index (χ0n) is 17.3. The first kappa shape index (κ1) is 21.1. The minimum absolute atomic E-state index is 0.0245. The number of aryl methyl sites for hydroxylation is 2. The molecule has 2 aliphatic rings. The Hall–Kier alpha value is -2.10. The van der Waals surface area contributed by atoms with Crippen molar-refractivity contribution in [2.24, 2.45) is 0 Å². The van der Waals surface area contributed by atoms with Gasteiger partial charge in [-0.05, 0) is 37.7 Å². The normalized spacial score (nSPS) is 21.9. The quantitative estimate of drug-likeness (QED) is 0.532. The number of aromatic nitrogens is 3. The number of fused-ring (bicyclic) bond motifs is 1. The molecule has 0 bridgehead atoms. The van der Waals surface area contributed by atoms with Crippen LogP contribution in [0.15, 0.2) is 30.3 Å². The SMILES string of the molecule is C[S+](=O)([O-])N1CCC(c2nnc3n2C(C(=O)NCCCc2ccccc2)CC3)CC1. The van der Waals surface area contributed by atoms with Crippen molar-refractivity contribution >= 4 is 16.3 Å². The van der Waals surface area contributed by atoms with Gasteiger partial charge < -0.3 is 14.4 Å². The summed E-state index contributed by atoms with van der Waals surface area (Å²) in [5.41, 5.74) is 1.27. The van der Waals surface area contributed by atoms with E-state index in [1.165, 1.54) is 16.1 Å². The van der Waals surface area contributed by atoms with Crippen molar-refractivity contribution in [1.82, 2.24) is 24.4 Å². The first-order valence-electron chi connectivity index (χ1n) is 10.6. The van der Waals surface area contributed by atoms with E-state index in [4.69, 9.17) is 0 Å². The average molecular weight is 432 g/mol. The number of rotatable bonds is 7. The minimum Gasteiger partial charge on any atom is -0.598 e. The number of amides is 1. The zero-order chi connectivity index (χ0) is 21.1. The number of sulfonamides is 1. The summed E-state index contributed by atoms with van der Waals surface area (Å²) in [5, 5.41) is 11.8. The number of carbonyl (C=O) groups is 1. The molecule has 0 spiro atoms. The molecule has 1 N–H and O–H groups in total. The summed E-state index contributed by atoms with van der Waals surface area (Å²) in [5.74, 6) is 1.85. The Morgan fingerprint density at radius 2 is 1.93 bits per heavy atom. The van der Waals surface area contributed by atoms with Crippen LogP contribution >= 0.6 is 0 Å². The molecule has 0 radical (unpaired) electrons. The number of benzene rings is 1. The molecular formula is C21H29N5O3S. The van der Waals surface area contributed by atoms with Gasteiger partial charge in [-0.1, -0.05) is 34.5 Å². The van der Waals surface area contributed by atoms with E-state index in [1.807, 2.05) is 22.8 Å². The molecule has 8 nitrogen and oxygen atoms in total. The van der Waals surface area contributed by atoms with Crippen molar-refractivity contribution < 1.29 is 13.6 Å². The van der Waals surface area contributed by atoms with Gasteiger partial charge in [0.05, 0.1) is 0 Å². The summed E-state index contributed by atoms with van der Waals surface area (Å²) < 4.78 is 27.1. The van der Waals surface area contributed by atoms with Crippen LogP contribution in [0, 0.1) is 0 Å². The molecule has 2 atom stereocenters. The Bertz CT molecular complexity index is 918. The first-order valence-corrected chi connectivity index (χ1v) is 12.5. The van der Waals surface area contributed by atoms with Gasteiger partial charge in [0, 0.05) is 32.0 Å². The molecule has 162 valence electrons. The Morgan fingerprint density at radius 3 is 2.63 bits per heavy atom. The molecule has 2 unspecified atom stereocenters. The molecule has 9 heteroatoms. The van der Waals surface area contributed by atoms with Crippen LogP contribution in [0.2, 0.25) is 0 Å². The molecular weight excluding hydrogens is 402 g/mol. The highest BCUT2D eigenvalue weighted by Gasteiger charge is 2.37. The van der Waals surface area contributed by atoms with Crippen LogP contribution in [0.5, 0.6) is 0 Å². The van der Waals surface area contributed by atoms with Crippen LogP contribution in [0.1, 0.15) is 54.9 Å². The van der Waals surface area contributed by atoms with E-state index in [0.29, 0.717) is 32.5 Å². The fourth-order valence-electron chi connectivity index (χ4n) is 4.48. The van der Waals surface area contributed by atoms with Crippen molar-refractivity contribution in [1.29, 1.82) is 0 Å². The molecule has 3 heterocycles. The standard InChI is InChI=1S/C21H29N5O3S/c1-30(28,29)25-14-11-17(12-15-25)20-24-23-19-10-9-18(26(19)20)21(27)22-13-5-8-16-6-3-2-4-7-16/h2-4,6-7,17-18H,5,8-15H2,1H3,(H-,22,27,28,29). The molecule has 1 aromatic heterocycles. The van der Waals surface area contributed by atoms with Crippen LogP contribution in [-0.4, -0.2) is 55.4 Å². The fourth-order valence-corrected chi connectivity index (χ4v) is 5.36. The average Bonchev–Trinajstić information content (AvgIpc) is 3.33. The van der Waals surface area contributed by atoms with Gasteiger partial charge in [0.15, 0.2) is 0 Å². The lowest BCUT2D eigenvalue weighted by atomic mass is 9.97. The van der Waals surface area contributed by atoms with Crippen LogP contribution in [-0.2, 0) is 32.2 Å². The molecule has 1 saturated heterocycles. The lowest BCUT2D eigenvalue weighted by Crippen LogP contribution is -2.41. The van der Waals surface area contributed by atoms with Gasteiger partial charge in [-0.15, -0.1) is 14.5 Å². The topological polar surface area (TPSA) is 103 Å². The molecule has 0 saturated carbocycles. The third-order valence-corrected chi connectivity index (χ3v) is 7.42. The Kier molecular flexibility index (Phi) is 6.31. The Labute approximate surface area is 178 Å². The lowest BCUT2D eigenvalue weighted by molar-refractivity contribution is -0.124. The van der Waals surface area contributed by atoms with E-state index in [9.17, 15) is 13.6 Å². The van der Waals surface area contributed by atoms with E-state index >= 15 is 0 Å². The maximum absolute atomic E-state index is 12.9. The molecule has 1 amide bonds. The van der Waals surface area contributed by atoms with Gasteiger partial charge in [0.25, 0.3) is 0 Å². The van der Waals surface area contributed by atoms with E-state index in [1.54, 1.807) is 0 Å². The van der Waals surface area contributed by atoms with Gasteiger partial charge in [0.2, 0.25) is 5.91 Å². The summed E-state index contributed by atoms with van der Waals surface area (Å²) in [4.78, 5) is 12.9. The number of piperidine rings is 1. The second-order valence-corrected chi connectivity index (χ2v) is 10.2. The molecule has 1 aromatic carbocycles. The van der Waals surface area contributed by atoms with E-state index < -0.39 is 10.4 Å². The highest BCUT2D eigenvalue weighted by molar-refractivity contribution is 7.94. The summed E-state index contributed by atoms with van der Waals surface area (Å²) in [6.07, 6.45) is 5.98. The lowest BCUT2D eigenvalue weighted by Gasteiger charge is -2.32. The third kappa shape index (κ3) is 4.63. The number of carbonyl (C=O) groups excluding carboxylic acids is 1. The molecule has 30 heavy (non-hydrogen) atoms. The molecule has 4 rings (SSSR count). The van der Waals surface area contributed by atoms with E-state index in [-0.39, 0.29) is 17.9 Å². The fraction of sp³-hybridized carbons (Fsp3) is 0.571. The Balaban J connectivity index is 1.34. The second kappa shape index (κ2) is 8.95. The van der Waals surface area contributed by atoms with Crippen molar-refractivity contribution in [3.8, 4) is 0 Å². The van der Waals surface area contributed by atoms with Gasteiger partial charge in [-0.2, -0.15) is 0 Å². The maximum atomic E-state index is 12.9. The monoisotopic (exact) mass is 431 g/mol. The van der Waals surface area contributed by atoms with Crippen LogP contribution in [0.4, 0.5) is 0 Å². The van der Waals surface area contributed by atoms with Crippen molar-refractivity contribution in [3.63, 3.8) is 0 Å². The van der Waals surface area contributed by atoms with Gasteiger partial charge >= 0.3 is 0 Å².